The van der Waals surface area contributed by atoms with Gasteiger partial charge in [0.2, 0.25) is 0 Å². The summed E-state index contributed by atoms with van der Waals surface area (Å²) in [5, 5.41) is 9.26. The van der Waals surface area contributed by atoms with E-state index in [0.29, 0.717) is 41.9 Å². The summed E-state index contributed by atoms with van der Waals surface area (Å²) in [4.78, 5) is 27.2. The molecule has 29 heavy (non-hydrogen) atoms. The third-order valence-electron chi connectivity index (χ3n) is 4.12. The maximum atomic E-state index is 12.3. The summed E-state index contributed by atoms with van der Waals surface area (Å²) < 4.78 is 0. The van der Waals surface area contributed by atoms with Gasteiger partial charge in [0.05, 0.1) is 0 Å². The smallest absolute Gasteiger partial charge is 0.251 e. The molecule has 2 aromatic heterocycles. The van der Waals surface area contributed by atoms with Crippen LogP contribution in [0.2, 0.25) is 0 Å². The van der Waals surface area contributed by atoms with Crippen LogP contribution >= 0.6 is 0 Å². The zero-order chi connectivity index (χ0) is 20.6. The molecule has 0 aliphatic rings. The van der Waals surface area contributed by atoms with E-state index in [1.54, 1.807) is 6.20 Å². The minimum atomic E-state index is -0.103. The van der Waals surface area contributed by atoms with Crippen LogP contribution in [0, 0.1) is 6.92 Å². The second-order valence-electron chi connectivity index (χ2n) is 6.65. The third kappa shape index (κ3) is 5.90. The fraction of sp³-hybridized carbons (Fsp3) is 0.238. The van der Waals surface area contributed by atoms with Crippen LogP contribution in [0.4, 0.5) is 23.1 Å². The fourth-order valence-electron chi connectivity index (χ4n) is 2.67. The molecule has 8 heteroatoms. The Hall–Kier alpha value is -3.68. The lowest BCUT2D eigenvalue weighted by molar-refractivity contribution is 0.0955. The van der Waals surface area contributed by atoms with E-state index in [1.807, 2.05) is 74.4 Å². The minimum absolute atomic E-state index is 0.103. The van der Waals surface area contributed by atoms with Crippen molar-refractivity contribution >= 4 is 29.0 Å². The quantitative estimate of drug-likeness (QED) is 0.508. The van der Waals surface area contributed by atoms with Crippen molar-refractivity contribution in [3.8, 4) is 0 Å². The number of hydrogen-bond donors (Lipinski definition) is 3. The number of amides is 1. The monoisotopic (exact) mass is 391 g/mol. The topological polar surface area (TPSA) is 95.1 Å². The highest BCUT2D eigenvalue weighted by Crippen LogP contribution is 2.15. The van der Waals surface area contributed by atoms with Crippen molar-refractivity contribution in [2.45, 2.75) is 6.92 Å². The van der Waals surface area contributed by atoms with Gasteiger partial charge in [0, 0.05) is 50.7 Å². The van der Waals surface area contributed by atoms with Crippen molar-refractivity contribution < 1.29 is 4.79 Å². The van der Waals surface area contributed by atoms with Crippen LogP contribution in [-0.2, 0) is 0 Å². The highest BCUT2D eigenvalue weighted by atomic mass is 16.1. The highest BCUT2D eigenvalue weighted by Gasteiger charge is 2.06. The molecule has 150 valence electrons. The normalized spacial score (nSPS) is 10.3. The van der Waals surface area contributed by atoms with Crippen LogP contribution in [0.25, 0.3) is 0 Å². The van der Waals surface area contributed by atoms with Crippen molar-refractivity contribution in [1.29, 1.82) is 0 Å². The summed E-state index contributed by atoms with van der Waals surface area (Å²) >= 11 is 0. The molecule has 0 radical (unpaired) electrons. The van der Waals surface area contributed by atoms with Gasteiger partial charge in [-0.05, 0) is 43.3 Å². The van der Waals surface area contributed by atoms with Gasteiger partial charge in [-0.25, -0.2) is 15.0 Å². The second kappa shape index (κ2) is 9.50. The van der Waals surface area contributed by atoms with Gasteiger partial charge in [-0.2, -0.15) is 0 Å². The number of aryl methyl sites for hydroxylation is 1. The average Bonchev–Trinajstić information content (AvgIpc) is 2.71. The van der Waals surface area contributed by atoms with E-state index in [-0.39, 0.29) is 5.91 Å². The number of carbonyl (C=O) groups is 1. The summed E-state index contributed by atoms with van der Waals surface area (Å²) in [6.45, 7) is 2.84. The van der Waals surface area contributed by atoms with Gasteiger partial charge in [-0.15, -0.1) is 0 Å². The molecule has 3 rings (SSSR count). The van der Waals surface area contributed by atoms with Gasteiger partial charge in [-0.1, -0.05) is 6.07 Å². The number of hydrogen-bond acceptors (Lipinski definition) is 7. The Morgan fingerprint density at radius 1 is 0.966 bits per heavy atom. The predicted molar refractivity (Wildman–Crippen MR) is 116 cm³/mol. The molecule has 3 N–H and O–H groups in total. The third-order valence-corrected chi connectivity index (χ3v) is 4.12. The molecule has 3 aromatic rings. The molecule has 1 amide bonds. The molecule has 0 bridgehead atoms. The minimum Gasteiger partial charge on any atom is -0.378 e. The fourth-order valence-corrected chi connectivity index (χ4v) is 2.67. The number of anilines is 4. The molecule has 0 saturated heterocycles. The van der Waals surface area contributed by atoms with E-state index in [0.717, 1.165) is 5.69 Å². The average molecular weight is 391 g/mol. The van der Waals surface area contributed by atoms with E-state index in [4.69, 9.17) is 0 Å². The van der Waals surface area contributed by atoms with E-state index < -0.39 is 0 Å². The largest absolute Gasteiger partial charge is 0.378 e. The van der Waals surface area contributed by atoms with Gasteiger partial charge in [0.15, 0.2) is 0 Å². The van der Waals surface area contributed by atoms with Gasteiger partial charge in [-0.3, -0.25) is 4.79 Å². The van der Waals surface area contributed by atoms with E-state index >= 15 is 0 Å². The van der Waals surface area contributed by atoms with Gasteiger partial charge in [0.25, 0.3) is 5.91 Å². The Morgan fingerprint density at radius 2 is 1.72 bits per heavy atom. The molecule has 0 aliphatic heterocycles. The standard InChI is InChI=1S/C21H25N7O/c1-15-25-19(14-20(26-15)27-18-6-4-5-11-22-18)23-12-13-24-21(29)16-7-9-17(10-8-16)28(2)3/h4-11,14H,12-13H2,1-3H3,(H,24,29)(H2,22,23,25,26,27). The van der Waals surface area contributed by atoms with Crippen LogP contribution in [0.3, 0.4) is 0 Å². The van der Waals surface area contributed by atoms with Crippen LogP contribution in [-0.4, -0.2) is 48.0 Å². The molecule has 0 unspecified atom stereocenters. The number of pyridine rings is 1. The van der Waals surface area contributed by atoms with E-state index in [1.165, 1.54) is 0 Å². The summed E-state index contributed by atoms with van der Waals surface area (Å²) in [6.07, 6.45) is 1.71. The van der Waals surface area contributed by atoms with Crippen molar-refractivity contribution in [3.05, 3.63) is 66.1 Å². The number of aromatic nitrogens is 3. The molecule has 0 saturated carbocycles. The van der Waals surface area contributed by atoms with Crippen LogP contribution in [0.1, 0.15) is 16.2 Å². The molecule has 0 atom stereocenters. The first-order chi connectivity index (χ1) is 14.0. The zero-order valence-electron chi connectivity index (χ0n) is 16.8. The molecule has 1 aromatic carbocycles. The summed E-state index contributed by atoms with van der Waals surface area (Å²) in [5.41, 5.74) is 1.69. The van der Waals surface area contributed by atoms with E-state index in [9.17, 15) is 4.79 Å². The SMILES string of the molecule is Cc1nc(NCCNC(=O)c2ccc(N(C)C)cc2)cc(Nc2ccccn2)n1. The Labute approximate surface area is 170 Å². The van der Waals surface area contributed by atoms with Crippen LogP contribution in [0.15, 0.2) is 54.7 Å². The maximum absolute atomic E-state index is 12.3. The van der Waals surface area contributed by atoms with E-state index in [2.05, 4.69) is 30.9 Å². The predicted octanol–water partition coefficient (Wildman–Crippen LogP) is 2.83. The van der Waals surface area contributed by atoms with Gasteiger partial charge < -0.3 is 20.9 Å². The molecular formula is C21H25N7O. The number of nitrogens with zero attached hydrogens (tertiary/aromatic N) is 4. The molecule has 0 spiro atoms. The lowest BCUT2D eigenvalue weighted by Crippen LogP contribution is -2.29. The lowest BCUT2D eigenvalue weighted by atomic mass is 10.2. The lowest BCUT2D eigenvalue weighted by Gasteiger charge is -2.13. The number of rotatable bonds is 8. The first-order valence-corrected chi connectivity index (χ1v) is 9.34. The summed E-state index contributed by atoms with van der Waals surface area (Å²) in [7, 11) is 3.93. The van der Waals surface area contributed by atoms with Crippen molar-refractivity contribution in [3.63, 3.8) is 0 Å². The van der Waals surface area contributed by atoms with Crippen molar-refractivity contribution in [2.24, 2.45) is 0 Å². The highest BCUT2D eigenvalue weighted by molar-refractivity contribution is 5.94. The van der Waals surface area contributed by atoms with Gasteiger partial charge >= 0.3 is 0 Å². The first-order valence-electron chi connectivity index (χ1n) is 9.34. The maximum Gasteiger partial charge on any atom is 0.251 e. The molecule has 8 nitrogen and oxygen atoms in total. The molecule has 0 aliphatic carbocycles. The Morgan fingerprint density at radius 3 is 2.41 bits per heavy atom. The van der Waals surface area contributed by atoms with Gasteiger partial charge in [0.1, 0.15) is 23.3 Å². The summed E-state index contributed by atoms with van der Waals surface area (Å²) in [5.74, 6) is 2.58. The summed E-state index contributed by atoms with van der Waals surface area (Å²) in [6, 6.07) is 14.9. The number of nitrogens with one attached hydrogen (secondary N) is 3. The van der Waals surface area contributed by atoms with Crippen LogP contribution in [0.5, 0.6) is 0 Å². The Kier molecular flexibility index (Phi) is 6.57. The molecule has 0 fully saturated rings. The second-order valence-corrected chi connectivity index (χ2v) is 6.65. The van der Waals surface area contributed by atoms with Crippen molar-refractivity contribution in [2.75, 3.05) is 42.7 Å². The Bertz CT molecular complexity index is 943. The zero-order valence-corrected chi connectivity index (χ0v) is 16.8. The number of benzene rings is 1. The molecular weight excluding hydrogens is 366 g/mol. The van der Waals surface area contributed by atoms with Crippen molar-refractivity contribution in [1.82, 2.24) is 20.3 Å². The molecule has 2 heterocycles. The number of carbonyl (C=O) groups excluding carboxylic acids is 1. The van der Waals surface area contributed by atoms with Crippen LogP contribution < -0.4 is 20.9 Å². The first kappa shape index (κ1) is 20.1. The Balaban J connectivity index is 1.50.